The smallest absolute Gasteiger partial charge is 0.274 e. The van der Waals surface area contributed by atoms with Crippen LogP contribution in [-0.2, 0) is 17.9 Å². The fourth-order valence-electron chi connectivity index (χ4n) is 2.82. The Morgan fingerprint density at radius 2 is 1.80 bits per heavy atom. The number of carbonyl (C=O) groups is 2. The molecule has 1 aliphatic rings. The number of amides is 1. The molecule has 0 bridgehead atoms. The van der Waals surface area contributed by atoms with Gasteiger partial charge in [0.2, 0.25) is 5.43 Å². The van der Waals surface area contributed by atoms with Gasteiger partial charge in [-0.2, -0.15) is 0 Å². The first-order valence-electron chi connectivity index (χ1n) is 9.42. The van der Waals surface area contributed by atoms with Crippen LogP contribution in [0.2, 0.25) is 0 Å². The minimum Gasteiger partial charge on any atom is -0.503 e. The molecule has 2 heterocycles. The Labute approximate surface area is 174 Å². The zero-order chi connectivity index (χ0) is 22.3. The Hall–Kier alpha value is -3.20. The topological polar surface area (TPSA) is 92.1 Å². The van der Waals surface area contributed by atoms with Gasteiger partial charge in [-0.15, -0.1) is 0 Å². The molecule has 0 aliphatic carbocycles. The van der Waals surface area contributed by atoms with Crippen molar-refractivity contribution in [2.45, 2.75) is 19.5 Å². The molecule has 0 atom stereocenters. The largest absolute Gasteiger partial charge is 0.503 e. The van der Waals surface area contributed by atoms with Gasteiger partial charge in [0.25, 0.3) is 5.91 Å². The van der Waals surface area contributed by atoms with Crippen molar-refractivity contribution in [2.75, 3.05) is 34.3 Å². The van der Waals surface area contributed by atoms with Crippen molar-refractivity contribution in [3.8, 4) is 11.6 Å². The minimum absolute atomic E-state index is 0.0701. The first kappa shape index (κ1) is 23.1. The maximum absolute atomic E-state index is 13.0. The van der Waals surface area contributed by atoms with Crippen LogP contribution in [-0.4, -0.2) is 66.0 Å². The molecule has 0 radical (unpaired) electrons. The molecule has 0 spiro atoms. The Balaban J connectivity index is 0.000000735. The summed E-state index contributed by atoms with van der Waals surface area (Å²) in [5.74, 6) is -1.39. The van der Waals surface area contributed by atoms with Gasteiger partial charge in [0, 0.05) is 32.1 Å². The number of fused-ring (bicyclic) bond motifs is 1. The third-order valence-electron chi connectivity index (χ3n) is 4.10. The van der Waals surface area contributed by atoms with Gasteiger partial charge in [-0.25, -0.2) is 4.39 Å². The van der Waals surface area contributed by atoms with Gasteiger partial charge in [-0.1, -0.05) is 12.1 Å². The quantitative estimate of drug-likeness (QED) is 0.564. The molecule has 1 aliphatic heterocycles. The van der Waals surface area contributed by atoms with E-state index in [-0.39, 0.29) is 37.0 Å². The van der Waals surface area contributed by atoms with Crippen LogP contribution >= 0.6 is 0 Å². The summed E-state index contributed by atoms with van der Waals surface area (Å²) in [7, 11) is 6.00. The number of rotatable bonds is 6. The van der Waals surface area contributed by atoms with E-state index in [0.29, 0.717) is 19.4 Å². The number of aromatic hydroxyl groups is 1. The summed E-state index contributed by atoms with van der Waals surface area (Å²) in [5, 5.41) is 10.1. The lowest BCUT2D eigenvalue weighted by Gasteiger charge is -2.31. The van der Waals surface area contributed by atoms with Gasteiger partial charge < -0.3 is 29.0 Å². The number of hydrogen-bond donors (Lipinski definition) is 1. The van der Waals surface area contributed by atoms with E-state index >= 15 is 0 Å². The maximum atomic E-state index is 13.0. The zero-order valence-electron chi connectivity index (χ0n) is 17.3. The first-order valence-corrected chi connectivity index (χ1v) is 9.42. The van der Waals surface area contributed by atoms with E-state index in [4.69, 9.17) is 4.74 Å². The van der Waals surface area contributed by atoms with E-state index in [1.807, 2.05) is 26.0 Å². The molecule has 162 valence electrons. The summed E-state index contributed by atoms with van der Waals surface area (Å²) in [4.78, 5) is 38.6. The number of aldehydes is 1. The van der Waals surface area contributed by atoms with E-state index in [0.717, 1.165) is 11.6 Å². The fraction of sp³-hybridized carbons (Fsp3) is 0.381. The lowest BCUT2D eigenvalue weighted by molar-refractivity contribution is -0.108. The van der Waals surface area contributed by atoms with Crippen LogP contribution in [0.1, 0.15) is 22.5 Å². The molecule has 1 amide bonds. The maximum Gasteiger partial charge on any atom is 0.274 e. The Bertz CT molecular complexity index is 938. The molecule has 1 aromatic carbocycles. The number of ether oxygens (including phenoxy) is 1. The van der Waals surface area contributed by atoms with Crippen molar-refractivity contribution in [3.63, 3.8) is 0 Å². The normalized spacial score (nSPS) is 12.8. The highest BCUT2D eigenvalue weighted by molar-refractivity contribution is 5.96. The molecule has 30 heavy (non-hydrogen) atoms. The van der Waals surface area contributed by atoms with Gasteiger partial charge in [-0.05, 0) is 38.8 Å². The van der Waals surface area contributed by atoms with Crippen molar-refractivity contribution < 1.29 is 23.8 Å². The zero-order valence-corrected chi connectivity index (χ0v) is 17.3. The highest BCUT2D eigenvalue weighted by Crippen LogP contribution is 2.26. The van der Waals surface area contributed by atoms with Gasteiger partial charge in [0.05, 0.1) is 6.61 Å². The number of nitrogens with zero attached hydrogens (tertiary/aromatic N) is 3. The van der Waals surface area contributed by atoms with Gasteiger partial charge in [0.15, 0.2) is 17.3 Å². The Kier molecular flexibility index (Phi) is 8.11. The molecule has 0 fully saturated rings. The number of benzene rings is 1. The summed E-state index contributed by atoms with van der Waals surface area (Å²) in [6, 6.07) is 6.86. The SMILES string of the molecule is CN(C)C.O=CCCOc1cc(=O)c(O)c2n1CCN(Cc1ccc(F)cc1)C2=O. The molecule has 0 unspecified atom stereocenters. The summed E-state index contributed by atoms with van der Waals surface area (Å²) in [5.41, 5.74) is -0.144. The third kappa shape index (κ3) is 5.90. The summed E-state index contributed by atoms with van der Waals surface area (Å²) in [6.07, 6.45) is 0.834. The molecule has 1 N–H and O–H groups in total. The molecule has 0 saturated carbocycles. The van der Waals surface area contributed by atoms with Gasteiger partial charge in [-0.3, -0.25) is 9.59 Å². The second kappa shape index (κ2) is 10.5. The molecule has 0 saturated heterocycles. The lowest BCUT2D eigenvalue weighted by atomic mass is 10.1. The van der Waals surface area contributed by atoms with E-state index in [2.05, 4.69) is 0 Å². The second-order valence-corrected chi connectivity index (χ2v) is 7.19. The average molecular weight is 419 g/mol. The summed E-state index contributed by atoms with van der Waals surface area (Å²) < 4.78 is 19.9. The van der Waals surface area contributed by atoms with Gasteiger partial charge in [0.1, 0.15) is 12.1 Å². The number of carbonyl (C=O) groups excluding carboxylic acids is 2. The number of aromatic nitrogens is 1. The number of pyridine rings is 1. The lowest BCUT2D eigenvalue weighted by Crippen LogP contribution is -2.41. The summed E-state index contributed by atoms with van der Waals surface area (Å²) >= 11 is 0. The van der Waals surface area contributed by atoms with Crippen LogP contribution in [0.25, 0.3) is 0 Å². The standard InChI is InChI=1S/C18H17FN2O5.C3H9N/c19-13-4-2-12(3-5-13)11-20-6-7-21-15(26-9-1-8-22)10-14(23)17(24)16(21)18(20)25;1-4(2)3/h2-5,8,10,24H,1,6-7,9,11H2;1-3H3. The molecule has 9 heteroatoms. The van der Waals surface area contributed by atoms with Crippen molar-refractivity contribution in [2.24, 2.45) is 0 Å². The first-order chi connectivity index (χ1) is 14.2. The van der Waals surface area contributed by atoms with E-state index in [1.165, 1.54) is 21.6 Å². The van der Waals surface area contributed by atoms with E-state index in [1.54, 1.807) is 12.1 Å². The number of halogens is 1. The molecule has 8 nitrogen and oxygen atoms in total. The molecular weight excluding hydrogens is 393 g/mol. The van der Waals surface area contributed by atoms with Gasteiger partial charge >= 0.3 is 0 Å². The van der Waals surface area contributed by atoms with Crippen molar-refractivity contribution in [1.82, 2.24) is 14.4 Å². The van der Waals surface area contributed by atoms with Crippen LogP contribution in [0.15, 0.2) is 35.1 Å². The van der Waals surface area contributed by atoms with E-state index < -0.39 is 17.1 Å². The molecule has 2 aromatic rings. The molecular formula is C21H26FN3O5. The van der Waals surface area contributed by atoms with Crippen LogP contribution in [0, 0.1) is 5.82 Å². The summed E-state index contributed by atoms with van der Waals surface area (Å²) in [6.45, 7) is 0.936. The monoisotopic (exact) mass is 419 g/mol. The van der Waals surface area contributed by atoms with Crippen LogP contribution in [0.4, 0.5) is 4.39 Å². The van der Waals surface area contributed by atoms with Crippen LogP contribution in [0.3, 0.4) is 0 Å². The average Bonchev–Trinajstić information content (AvgIpc) is 2.68. The predicted molar refractivity (Wildman–Crippen MR) is 109 cm³/mol. The van der Waals surface area contributed by atoms with Crippen molar-refractivity contribution in [3.05, 3.63) is 57.6 Å². The molecule has 3 rings (SSSR count). The Morgan fingerprint density at radius 1 is 1.17 bits per heavy atom. The van der Waals surface area contributed by atoms with Crippen LogP contribution in [0.5, 0.6) is 11.6 Å². The highest BCUT2D eigenvalue weighted by Gasteiger charge is 2.30. The van der Waals surface area contributed by atoms with Crippen molar-refractivity contribution >= 4 is 12.2 Å². The third-order valence-corrected chi connectivity index (χ3v) is 4.10. The van der Waals surface area contributed by atoms with E-state index in [9.17, 15) is 23.9 Å². The fourth-order valence-corrected chi connectivity index (χ4v) is 2.82. The predicted octanol–water partition coefficient (Wildman–Crippen LogP) is 1.49. The molecule has 1 aromatic heterocycles. The number of hydrogen-bond acceptors (Lipinski definition) is 6. The van der Waals surface area contributed by atoms with Crippen molar-refractivity contribution in [1.29, 1.82) is 0 Å². The Morgan fingerprint density at radius 3 is 2.40 bits per heavy atom. The highest BCUT2D eigenvalue weighted by atomic mass is 19.1. The minimum atomic E-state index is -0.727. The second-order valence-electron chi connectivity index (χ2n) is 7.19. The van der Waals surface area contributed by atoms with Crippen LogP contribution < -0.4 is 10.2 Å².